The molecule has 7 rings (SSSR count). The normalized spacial score (nSPS) is 11.3. The third kappa shape index (κ3) is 6.55. The molecular weight excluding hydrogens is 656 g/mol. The zero-order valence-corrected chi connectivity index (χ0v) is 28.5. The van der Waals surface area contributed by atoms with E-state index in [0.29, 0.717) is 29.4 Å². The number of hydrogen-bond donors (Lipinski definition) is 4. The van der Waals surface area contributed by atoms with Crippen molar-refractivity contribution in [2.24, 2.45) is 0 Å². The molecule has 5 aromatic carbocycles. The van der Waals surface area contributed by atoms with E-state index in [-0.39, 0.29) is 16.0 Å². The molecule has 13 heteroatoms. The number of aromatic amines is 2. The minimum absolute atomic E-state index is 0.0341. The topological polar surface area (TPSA) is 175 Å². The van der Waals surface area contributed by atoms with E-state index in [2.05, 4.69) is 46.6 Å². The van der Waals surface area contributed by atoms with Crippen LogP contribution in [0.2, 0.25) is 0 Å². The lowest BCUT2D eigenvalue weighted by Gasteiger charge is -2.35. The lowest BCUT2D eigenvalue weighted by atomic mass is 9.97. The molecule has 0 saturated heterocycles. The van der Waals surface area contributed by atoms with Crippen molar-refractivity contribution in [3.63, 3.8) is 0 Å². The van der Waals surface area contributed by atoms with Gasteiger partial charge in [0, 0.05) is 47.9 Å². The van der Waals surface area contributed by atoms with Crippen molar-refractivity contribution in [3.8, 4) is 45.0 Å². The van der Waals surface area contributed by atoms with Gasteiger partial charge in [-0.15, -0.1) is 10.2 Å². The van der Waals surface area contributed by atoms with Crippen molar-refractivity contribution in [2.75, 3.05) is 12.4 Å². The van der Waals surface area contributed by atoms with Crippen LogP contribution < -0.4 is 9.80 Å². The first-order valence-corrected chi connectivity index (χ1v) is 16.8. The Morgan fingerprint density at radius 3 is 1.63 bits per heavy atom. The highest BCUT2D eigenvalue weighted by molar-refractivity contribution is 5.98. The van der Waals surface area contributed by atoms with Crippen LogP contribution in [0.15, 0.2) is 115 Å². The van der Waals surface area contributed by atoms with Crippen molar-refractivity contribution in [3.05, 3.63) is 121 Å². The van der Waals surface area contributed by atoms with E-state index in [0.717, 1.165) is 57.6 Å². The number of anilines is 1. The molecule has 0 saturated carbocycles. The number of hydrogen-bond acceptors (Lipinski definition) is 8. The van der Waals surface area contributed by atoms with Gasteiger partial charge in [-0.2, -0.15) is 0 Å². The van der Waals surface area contributed by atoms with Crippen LogP contribution in [-0.2, 0) is 4.79 Å². The second-order valence-electron chi connectivity index (χ2n) is 12.4. The Bertz CT molecular complexity index is 2200. The maximum atomic E-state index is 13.1. The second kappa shape index (κ2) is 14.5. The monoisotopic (exact) mass is 691 g/mol. The predicted octanol–water partition coefficient (Wildman–Crippen LogP) is 7.81. The van der Waals surface area contributed by atoms with Crippen LogP contribution in [0.4, 0.5) is 22.7 Å². The van der Waals surface area contributed by atoms with E-state index in [9.17, 15) is 14.7 Å². The molecule has 1 amide bonds. The Labute approximate surface area is 299 Å². The first-order valence-electron chi connectivity index (χ1n) is 16.8. The van der Waals surface area contributed by atoms with Crippen molar-refractivity contribution in [1.82, 2.24) is 45.7 Å². The zero-order chi connectivity index (χ0) is 36.1. The number of carbonyl (C=O) groups is 2. The fourth-order valence-electron chi connectivity index (χ4n) is 6.43. The van der Waals surface area contributed by atoms with Gasteiger partial charge >= 0.3 is 5.97 Å². The summed E-state index contributed by atoms with van der Waals surface area (Å²) in [5.74, 6) is -0.106. The fraction of sp³-hybridized carbons (Fsp3) is 0.128. The van der Waals surface area contributed by atoms with Crippen LogP contribution in [-0.4, -0.2) is 65.3 Å². The molecule has 52 heavy (non-hydrogen) atoms. The number of benzene rings is 5. The molecular formula is C39H35N10O3+. The van der Waals surface area contributed by atoms with Gasteiger partial charge in [-0.1, -0.05) is 61.9 Å². The Balaban J connectivity index is 1.38. The largest absolute Gasteiger partial charge is 0.478 e. The van der Waals surface area contributed by atoms with Gasteiger partial charge in [0.05, 0.1) is 12.6 Å². The van der Waals surface area contributed by atoms with Crippen LogP contribution in [0.25, 0.3) is 45.0 Å². The second-order valence-corrected chi connectivity index (χ2v) is 12.4. The molecule has 0 aliphatic carbocycles. The summed E-state index contributed by atoms with van der Waals surface area (Å²) in [5, 5.41) is 42.1. The molecule has 4 N–H and O–H groups in total. The van der Waals surface area contributed by atoms with Gasteiger partial charge in [0.25, 0.3) is 0 Å². The maximum absolute atomic E-state index is 13.1. The fourth-order valence-corrected chi connectivity index (χ4v) is 6.43. The predicted molar refractivity (Wildman–Crippen MR) is 199 cm³/mol. The van der Waals surface area contributed by atoms with Gasteiger partial charge < -0.3 is 10.4 Å². The summed E-state index contributed by atoms with van der Waals surface area (Å²) in [6.45, 7) is 2.03. The Hall–Kier alpha value is -6.86. The molecule has 0 aliphatic heterocycles. The third-order valence-electron chi connectivity index (χ3n) is 9.20. The van der Waals surface area contributed by atoms with Crippen LogP contribution in [0.1, 0.15) is 36.5 Å². The summed E-state index contributed by atoms with van der Waals surface area (Å²) in [4.78, 5) is 25.5. The summed E-state index contributed by atoms with van der Waals surface area (Å²) in [6, 6.07) is 36.7. The van der Waals surface area contributed by atoms with Crippen molar-refractivity contribution in [2.45, 2.75) is 26.2 Å². The maximum Gasteiger partial charge on any atom is 0.335 e. The van der Waals surface area contributed by atoms with Crippen molar-refractivity contribution < 1.29 is 14.7 Å². The van der Waals surface area contributed by atoms with Crippen molar-refractivity contribution in [1.29, 1.82) is 0 Å². The molecule has 0 radical (unpaired) electrons. The number of quaternary nitrogens is 1. The highest BCUT2D eigenvalue weighted by Gasteiger charge is 2.35. The molecule has 7 aromatic rings. The van der Waals surface area contributed by atoms with Crippen LogP contribution >= 0.6 is 0 Å². The number of carboxylic acid groups (broad SMARTS) is 1. The molecule has 2 aromatic heterocycles. The van der Waals surface area contributed by atoms with Gasteiger partial charge in [-0.05, 0) is 85.9 Å². The summed E-state index contributed by atoms with van der Waals surface area (Å²) < 4.78 is 0.0341. The van der Waals surface area contributed by atoms with Crippen molar-refractivity contribution >= 4 is 34.6 Å². The number of aromatic carboxylic acids is 1. The summed E-state index contributed by atoms with van der Waals surface area (Å²) in [5.41, 5.74) is 8.30. The molecule has 0 bridgehead atoms. The van der Waals surface area contributed by atoms with E-state index in [1.807, 2.05) is 111 Å². The average Bonchev–Trinajstić information content (AvgIpc) is 3.93. The quantitative estimate of drug-likeness (QED) is 0.0931. The minimum Gasteiger partial charge on any atom is -0.478 e. The lowest BCUT2D eigenvalue weighted by Crippen LogP contribution is -2.35. The standard InChI is InChI=1S/C39H34N10O3/c1-3-4-13-36(50)40-34-23-18-27(39(51)52)24-35(34)49(2,28-19-14-25(15-20-28)30-9-5-7-11-32(30)37-41-45-46-42-37)29-21-16-26(17-22-29)31-10-6-8-12-33(31)38-43-47-48-44-38/h5-12,14-24H,3-4,13H2,1-2H3,(H3-,40,41,42,43,44,45,46,47,48,50,51,52)/p+1. The number of rotatable bonds is 12. The number of nitrogens with zero attached hydrogens (tertiary/aromatic N) is 7. The number of H-pyrrole nitrogens is 2. The number of amides is 1. The van der Waals surface area contributed by atoms with Crippen LogP contribution in [0.3, 0.4) is 0 Å². The van der Waals surface area contributed by atoms with E-state index < -0.39 is 5.97 Å². The summed E-state index contributed by atoms with van der Waals surface area (Å²) in [6.07, 6.45) is 1.96. The van der Waals surface area contributed by atoms with Gasteiger partial charge in [-0.25, -0.2) is 19.5 Å². The number of carbonyl (C=O) groups excluding carboxylic acids is 1. The number of aromatic nitrogens is 8. The molecule has 0 unspecified atom stereocenters. The zero-order valence-electron chi connectivity index (χ0n) is 28.5. The van der Waals surface area contributed by atoms with Gasteiger partial charge in [0.1, 0.15) is 17.1 Å². The number of nitrogens with one attached hydrogen (secondary N) is 3. The highest BCUT2D eigenvalue weighted by atomic mass is 16.4. The smallest absolute Gasteiger partial charge is 0.335 e. The Morgan fingerprint density at radius 2 is 1.19 bits per heavy atom. The first kappa shape index (κ1) is 33.6. The lowest BCUT2D eigenvalue weighted by molar-refractivity contribution is -0.116. The molecule has 0 aliphatic rings. The summed E-state index contributed by atoms with van der Waals surface area (Å²) in [7, 11) is 1.99. The minimum atomic E-state index is -1.07. The van der Waals surface area contributed by atoms with Crippen LogP contribution in [0.5, 0.6) is 0 Å². The number of unbranched alkanes of at least 4 members (excludes halogenated alkanes) is 1. The first-order chi connectivity index (χ1) is 25.4. The van der Waals surface area contributed by atoms with Crippen LogP contribution in [0, 0.1) is 0 Å². The van der Waals surface area contributed by atoms with E-state index in [1.54, 1.807) is 12.1 Å². The molecule has 0 fully saturated rings. The van der Waals surface area contributed by atoms with E-state index in [1.165, 1.54) is 6.07 Å². The number of tetrazole rings is 2. The molecule has 0 atom stereocenters. The highest BCUT2D eigenvalue weighted by Crippen LogP contribution is 2.47. The molecule has 0 spiro atoms. The SMILES string of the molecule is CCCCC(=O)Nc1ccc(C(=O)O)cc1[N+](C)(c1ccc(-c2ccccc2-c2nnn[nH]2)cc1)c1ccc(-c2ccccc2-c2nnn[nH]2)cc1. The van der Waals surface area contributed by atoms with Gasteiger partial charge in [-0.3, -0.25) is 4.79 Å². The average molecular weight is 692 g/mol. The van der Waals surface area contributed by atoms with E-state index >= 15 is 0 Å². The summed E-state index contributed by atoms with van der Waals surface area (Å²) >= 11 is 0. The molecule has 2 heterocycles. The Morgan fingerprint density at radius 1 is 0.692 bits per heavy atom. The Kier molecular flexibility index (Phi) is 9.41. The number of carboxylic acids is 1. The molecule has 258 valence electrons. The van der Waals surface area contributed by atoms with Gasteiger partial charge in [0.2, 0.25) is 5.91 Å². The van der Waals surface area contributed by atoms with E-state index in [4.69, 9.17) is 0 Å². The third-order valence-corrected chi connectivity index (χ3v) is 9.20. The van der Waals surface area contributed by atoms with Gasteiger partial charge in [0.15, 0.2) is 17.3 Å². The molecule has 13 nitrogen and oxygen atoms in total.